The third-order valence-electron chi connectivity index (χ3n) is 3.45. The smallest absolute Gasteiger partial charge is 0.318 e. The molecule has 0 aliphatic heterocycles. The van der Waals surface area contributed by atoms with E-state index in [9.17, 15) is 0 Å². The van der Waals surface area contributed by atoms with Gasteiger partial charge in [-0.05, 0) is 37.8 Å². The molecular weight excluding hydrogens is 272 g/mol. The maximum atomic E-state index is 5.86. The summed E-state index contributed by atoms with van der Waals surface area (Å²) in [6.07, 6.45) is 2.43. The van der Waals surface area contributed by atoms with E-state index in [0.717, 1.165) is 13.1 Å². The quantitative estimate of drug-likeness (QED) is 0.850. The molecule has 2 aromatic rings. The van der Waals surface area contributed by atoms with E-state index in [1.54, 1.807) is 11.3 Å². The Morgan fingerprint density at radius 2 is 2.35 bits per heavy atom. The summed E-state index contributed by atoms with van der Waals surface area (Å²) in [5.41, 5.74) is 0. The van der Waals surface area contributed by atoms with E-state index in [1.807, 2.05) is 6.92 Å². The van der Waals surface area contributed by atoms with Crippen molar-refractivity contribution in [3.63, 3.8) is 0 Å². The van der Waals surface area contributed by atoms with Crippen molar-refractivity contribution >= 4 is 17.4 Å². The van der Waals surface area contributed by atoms with Gasteiger partial charge in [-0.25, -0.2) is 0 Å². The Morgan fingerprint density at radius 1 is 1.50 bits per heavy atom. The van der Waals surface area contributed by atoms with Crippen LogP contribution < -0.4 is 10.2 Å². The standard InChI is InChI=1S/C14H20N4OS/c1-3-15-10(2)13-16-17-14(19-13)18(11-6-7-11)9-12-5-4-8-20-12/h4-5,8,10-11,15H,3,6-7,9H2,1-2H3. The van der Waals surface area contributed by atoms with Crippen LogP contribution in [0.1, 0.15) is 43.5 Å². The second kappa shape index (κ2) is 5.93. The van der Waals surface area contributed by atoms with Gasteiger partial charge in [-0.1, -0.05) is 18.1 Å². The second-order valence-electron chi connectivity index (χ2n) is 5.14. The van der Waals surface area contributed by atoms with Gasteiger partial charge in [0.15, 0.2) is 0 Å². The molecule has 108 valence electrons. The molecule has 20 heavy (non-hydrogen) atoms. The first-order chi connectivity index (χ1) is 9.78. The van der Waals surface area contributed by atoms with Crippen LogP contribution in [0.3, 0.4) is 0 Å². The summed E-state index contributed by atoms with van der Waals surface area (Å²) in [4.78, 5) is 3.57. The van der Waals surface area contributed by atoms with Gasteiger partial charge in [0.2, 0.25) is 5.89 Å². The predicted octanol–water partition coefficient (Wildman–Crippen LogP) is 2.97. The summed E-state index contributed by atoms with van der Waals surface area (Å²) in [5, 5.41) is 13.8. The van der Waals surface area contributed by atoms with Gasteiger partial charge in [0.1, 0.15) is 0 Å². The number of anilines is 1. The van der Waals surface area contributed by atoms with Crippen molar-refractivity contribution in [2.75, 3.05) is 11.4 Å². The molecule has 0 aromatic carbocycles. The highest BCUT2D eigenvalue weighted by molar-refractivity contribution is 7.09. The van der Waals surface area contributed by atoms with Crippen LogP contribution in [0.2, 0.25) is 0 Å². The van der Waals surface area contributed by atoms with Crippen LogP contribution in [0.15, 0.2) is 21.9 Å². The van der Waals surface area contributed by atoms with E-state index in [-0.39, 0.29) is 6.04 Å². The Balaban J connectivity index is 1.74. The van der Waals surface area contributed by atoms with Crippen LogP contribution in [0.5, 0.6) is 0 Å². The monoisotopic (exact) mass is 292 g/mol. The molecule has 3 rings (SSSR count). The minimum absolute atomic E-state index is 0.101. The molecular formula is C14H20N4OS. The topological polar surface area (TPSA) is 54.2 Å². The average molecular weight is 292 g/mol. The van der Waals surface area contributed by atoms with Gasteiger partial charge in [0, 0.05) is 10.9 Å². The van der Waals surface area contributed by atoms with Crippen molar-refractivity contribution in [1.29, 1.82) is 0 Å². The highest BCUT2D eigenvalue weighted by atomic mass is 32.1. The number of aromatic nitrogens is 2. The van der Waals surface area contributed by atoms with E-state index in [4.69, 9.17) is 4.42 Å². The maximum absolute atomic E-state index is 5.86. The van der Waals surface area contributed by atoms with Gasteiger partial charge in [0.05, 0.1) is 12.6 Å². The lowest BCUT2D eigenvalue weighted by atomic mass is 10.3. The van der Waals surface area contributed by atoms with Crippen LogP contribution in [-0.4, -0.2) is 22.8 Å². The molecule has 0 saturated heterocycles. The first-order valence-electron chi connectivity index (χ1n) is 7.13. The summed E-state index contributed by atoms with van der Waals surface area (Å²) in [7, 11) is 0. The molecule has 0 amide bonds. The van der Waals surface area contributed by atoms with Crippen molar-refractivity contribution in [2.45, 2.75) is 45.3 Å². The molecule has 2 aromatic heterocycles. The lowest BCUT2D eigenvalue weighted by molar-refractivity contribution is 0.417. The minimum atomic E-state index is 0.101. The van der Waals surface area contributed by atoms with Gasteiger partial charge < -0.3 is 14.6 Å². The molecule has 1 aliphatic carbocycles. The average Bonchev–Trinajstić information content (AvgIpc) is 2.95. The Bertz CT molecular complexity index is 535. The van der Waals surface area contributed by atoms with Gasteiger partial charge in [-0.15, -0.1) is 16.4 Å². The second-order valence-corrected chi connectivity index (χ2v) is 6.17. The van der Waals surface area contributed by atoms with Gasteiger partial charge in [-0.2, -0.15) is 0 Å². The van der Waals surface area contributed by atoms with Crippen molar-refractivity contribution in [3.8, 4) is 0 Å². The van der Waals surface area contributed by atoms with Gasteiger partial charge >= 0.3 is 6.01 Å². The molecule has 1 saturated carbocycles. The molecule has 6 heteroatoms. The van der Waals surface area contributed by atoms with Crippen LogP contribution in [-0.2, 0) is 6.54 Å². The molecule has 2 heterocycles. The molecule has 5 nitrogen and oxygen atoms in total. The fourth-order valence-electron chi connectivity index (χ4n) is 2.22. The largest absolute Gasteiger partial charge is 0.406 e. The minimum Gasteiger partial charge on any atom is -0.406 e. The van der Waals surface area contributed by atoms with Gasteiger partial charge in [-0.3, -0.25) is 0 Å². The summed E-state index contributed by atoms with van der Waals surface area (Å²) >= 11 is 1.77. The van der Waals surface area contributed by atoms with Crippen LogP contribution in [0.25, 0.3) is 0 Å². The zero-order valence-corrected chi connectivity index (χ0v) is 12.7. The highest BCUT2D eigenvalue weighted by Crippen LogP contribution is 2.33. The Labute approximate surface area is 123 Å². The van der Waals surface area contributed by atoms with E-state index in [0.29, 0.717) is 17.9 Å². The molecule has 0 bridgehead atoms. The predicted molar refractivity (Wildman–Crippen MR) is 79.9 cm³/mol. The summed E-state index contributed by atoms with van der Waals surface area (Å²) < 4.78 is 5.86. The molecule has 1 atom stereocenters. The maximum Gasteiger partial charge on any atom is 0.318 e. The number of rotatable bonds is 7. The first-order valence-corrected chi connectivity index (χ1v) is 8.01. The molecule has 1 aliphatic rings. The van der Waals surface area contributed by atoms with Crippen molar-refractivity contribution in [3.05, 3.63) is 28.3 Å². The normalized spacial score (nSPS) is 16.3. The number of thiophene rings is 1. The van der Waals surface area contributed by atoms with Crippen LogP contribution >= 0.6 is 11.3 Å². The Kier molecular flexibility index (Phi) is 4.03. The van der Waals surface area contributed by atoms with Crippen molar-refractivity contribution in [2.24, 2.45) is 0 Å². The molecule has 1 N–H and O–H groups in total. The number of hydrogen-bond acceptors (Lipinski definition) is 6. The van der Waals surface area contributed by atoms with E-state index < -0.39 is 0 Å². The Morgan fingerprint density at radius 3 is 3.00 bits per heavy atom. The highest BCUT2D eigenvalue weighted by Gasteiger charge is 2.33. The van der Waals surface area contributed by atoms with Crippen LogP contribution in [0.4, 0.5) is 6.01 Å². The third-order valence-corrected chi connectivity index (χ3v) is 4.31. The number of nitrogens with one attached hydrogen (secondary N) is 1. The van der Waals surface area contributed by atoms with Gasteiger partial charge in [0.25, 0.3) is 0 Å². The fourth-order valence-corrected chi connectivity index (χ4v) is 2.92. The van der Waals surface area contributed by atoms with Crippen LogP contribution in [0, 0.1) is 0 Å². The zero-order valence-electron chi connectivity index (χ0n) is 11.9. The first kappa shape index (κ1) is 13.6. The van der Waals surface area contributed by atoms with Crippen molar-refractivity contribution < 1.29 is 4.42 Å². The lowest BCUT2D eigenvalue weighted by Crippen LogP contribution is -2.24. The lowest BCUT2D eigenvalue weighted by Gasteiger charge is -2.18. The SMILES string of the molecule is CCNC(C)c1nnc(N(Cc2cccs2)C2CC2)o1. The molecule has 1 fully saturated rings. The summed E-state index contributed by atoms with van der Waals surface area (Å²) in [6.45, 7) is 5.86. The summed E-state index contributed by atoms with van der Waals surface area (Å²) in [6, 6.07) is 5.54. The molecule has 0 spiro atoms. The molecule has 0 radical (unpaired) electrons. The Hall–Kier alpha value is -1.40. The number of hydrogen-bond donors (Lipinski definition) is 1. The fraction of sp³-hybridized carbons (Fsp3) is 0.571. The summed E-state index contributed by atoms with van der Waals surface area (Å²) in [5.74, 6) is 0.665. The van der Waals surface area contributed by atoms with Crippen molar-refractivity contribution in [1.82, 2.24) is 15.5 Å². The third kappa shape index (κ3) is 3.02. The van der Waals surface area contributed by atoms with E-state index in [1.165, 1.54) is 17.7 Å². The zero-order chi connectivity index (χ0) is 13.9. The number of nitrogens with zero attached hydrogens (tertiary/aromatic N) is 3. The van der Waals surface area contributed by atoms with E-state index in [2.05, 4.69) is 44.9 Å². The molecule has 1 unspecified atom stereocenters. The van der Waals surface area contributed by atoms with E-state index >= 15 is 0 Å².